The Labute approximate surface area is 173 Å². The molecule has 0 unspecified atom stereocenters. The minimum absolute atomic E-state index is 0.789. The average molecular weight is 399 g/mol. The number of aromatic nitrogens is 1. The van der Waals surface area contributed by atoms with E-state index in [9.17, 15) is 0 Å². The number of nitrogens with zero attached hydrogens (tertiary/aromatic N) is 1. The lowest BCUT2D eigenvalue weighted by Crippen LogP contribution is -2.17. The molecule has 0 radical (unpaired) electrons. The summed E-state index contributed by atoms with van der Waals surface area (Å²) in [5, 5.41) is 5.73. The Morgan fingerprint density at radius 3 is 2.57 bits per heavy atom. The van der Waals surface area contributed by atoms with Crippen molar-refractivity contribution in [1.29, 1.82) is 0 Å². The molecular weight excluding hydrogens is 368 g/mol. The van der Waals surface area contributed by atoms with Crippen molar-refractivity contribution in [3.8, 4) is 0 Å². The molecule has 28 heavy (non-hydrogen) atoms. The quantitative estimate of drug-likeness (QED) is 0.404. The minimum Gasteiger partial charge on any atom is -0.381 e. The van der Waals surface area contributed by atoms with Gasteiger partial charge in [-0.25, -0.2) is 0 Å². The van der Waals surface area contributed by atoms with Gasteiger partial charge >= 0.3 is 0 Å². The standard InChI is InChI=1S/C24H31ClN2O/c1-3-4-15-28-16-9-14-26-17-22-19(2)27(24-13-8-6-11-21(22)24)18-20-10-5-7-12-23(20)25/h5-8,10-13,26H,3-4,9,14-18H2,1-2H3. The summed E-state index contributed by atoms with van der Waals surface area (Å²) >= 11 is 6.41. The summed E-state index contributed by atoms with van der Waals surface area (Å²) in [6.45, 7) is 8.74. The number of ether oxygens (including phenoxy) is 1. The van der Waals surface area contributed by atoms with Crippen molar-refractivity contribution in [2.75, 3.05) is 19.8 Å². The highest BCUT2D eigenvalue weighted by Gasteiger charge is 2.14. The van der Waals surface area contributed by atoms with Gasteiger partial charge in [0.15, 0.2) is 0 Å². The first kappa shape index (κ1) is 20.9. The molecule has 4 heteroatoms. The normalized spacial score (nSPS) is 11.4. The van der Waals surface area contributed by atoms with E-state index in [1.165, 1.54) is 28.6 Å². The topological polar surface area (TPSA) is 26.2 Å². The first-order valence-corrected chi connectivity index (χ1v) is 10.7. The van der Waals surface area contributed by atoms with Gasteiger partial charge in [-0.15, -0.1) is 0 Å². The van der Waals surface area contributed by atoms with E-state index in [4.69, 9.17) is 16.3 Å². The van der Waals surface area contributed by atoms with E-state index < -0.39 is 0 Å². The molecule has 3 rings (SSSR count). The fourth-order valence-corrected chi connectivity index (χ4v) is 3.78. The number of hydrogen-bond donors (Lipinski definition) is 1. The van der Waals surface area contributed by atoms with Crippen LogP contribution in [0.2, 0.25) is 5.02 Å². The highest BCUT2D eigenvalue weighted by atomic mass is 35.5. The van der Waals surface area contributed by atoms with Gasteiger partial charge in [-0.05, 0) is 49.6 Å². The van der Waals surface area contributed by atoms with Gasteiger partial charge in [-0.1, -0.05) is 61.3 Å². The van der Waals surface area contributed by atoms with Gasteiger partial charge in [0.25, 0.3) is 0 Å². The molecule has 0 fully saturated rings. The first-order chi connectivity index (χ1) is 13.7. The second-order valence-corrected chi connectivity index (χ2v) is 7.66. The van der Waals surface area contributed by atoms with E-state index in [0.717, 1.165) is 56.3 Å². The van der Waals surface area contributed by atoms with E-state index in [0.29, 0.717) is 0 Å². The lowest BCUT2D eigenvalue weighted by molar-refractivity contribution is 0.129. The van der Waals surface area contributed by atoms with Crippen LogP contribution in [0.5, 0.6) is 0 Å². The van der Waals surface area contributed by atoms with Crippen LogP contribution in [0.25, 0.3) is 10.9 Å². The Bertz CT molecular complexity index is 887. The Kier molecular flexibility index (Phi) is 7.96. The summed E-state index contributed by atoms with van der Waals surface area (Å²) in [4.78, 5) is 0. The smallest absolute Gasteiger partial charge is 0.0493 e. The van der Waals surface area contributed by atoms with Crippen LogP contribution in [0, 0.1) is 6.92 Å². The van der Waals surface area contributed by atoms with Crippen LogP contribution in [0.3, 0.4) is 0 Å². The molecule has 0 atom stereocenters. The zero-order valence-corrected chi connectivity index (χ0v) is 17.8. The SMILES string of the molecule is CCCCOCCCNCc1c(C)n(Cc2ccccc2Cl)c2ccccc12. The molecule has 3 nitrogen and oxygen atoms in total. The number of hydrogen-bond acceptors (Lipinski definition) is 2. The summed E-state index contributed by atoms with van der Waals surface area (Å²) in [6, 6.07) is 16.7. The lowest BCUT2D eigenvalue weighted by Gasteiger charge is -2.11. The van der Waals surface area contributed by atoms with E-state index in [2.05, 4.69) is 54.1 Å². The predicted octanol–water partition coefficient (Wildman–Crippen LogP) is 5.95. The number of halogens is 1. The molecule has 0 spiro atoms. The molecule has 2 aromatic carbocycles. The molecule has 0 amide bonds. The molecule has 0 aliphatic heterocycles. The number of para-hydroxylation sites is 1. The number of nitrogens with one attached hydrogen (secondary N) is 1. The van der Waals surface area contributed by atoms with Crippen LogP contribution < -0.4 is 5.32 Å². The predicted molar refractivity (Wildman–Crippen MR) is 119 cm³/mol. The third kappa shape index (κ3) is 5.16. The molecule has 3 aromatic rings. The van der Waals surface area contributed by atoms with Crippen molar-refractivity contribution < 1.29 is 4.74 Å². The number of rotatable bonds is 11. The summed E-state index contributed by atoms with van der Waals surface area (Å²) in [5.74, 6) is 0. The molecule has 0 aliphatic rings. The molecule has 0 saturated carbocycles. The molecular formula is C24H31ClN2O. The largest absolute Gasteiger partial charge is 0.381 e. The zero-order valence-electron chi connectivity index (χ0n) is 17.0. The number of fused-ring (bicyclic) bond motifs is 1. The fourth-order valence-electron chi connectivity index (χ4n) is 3.59. The van der Waals surface area contributed by atoms with Crippen LogP contribution in [-0.4, -0.2) is 24.3 Å². The maximum absolute atomic E-state index is 6.41. The Morgan fingerprint density at radius 2 is 1.75 bits per heavy atom. The van der Waals surface area contributed by atoms with Gasteiger partial charge in [-0.2, -0.15) is 0 Å². The highest BCUT2D eigenvalue weighted by Crippen LogP contribution is 2.28. The van der Waals surface area contributed by atoms with Crippen LogP contribution in [0.4, 0.5) is 0 Å². The summed E-state index contributed by atoms with van der Waals surface area (Å²) in [7, 11) is 0. The summed E-state index contributed by atoms with van der Waals surface area (Å²) < 4.78 is 8.02. The zero-order chi connectivity index (χ0) is 19.8. The third-order valence-electron chi connectivity index (χ3n) is 5.23. The fraction of sp³-hybridized carbons (Fsp3) is 0.417. The maximum Gasteiger partial charge on any atom is 0.0493 e. The highest BCUT2D eigenvalue weighted by molar-refractivity contribution is 6.31. The molecule has 0 saturated heterocycles. The van der Waals surface area contributed by atoms with Gasteiger partial charge in [0, 0.05) is 47.9 Å². The average Bonchev–Trinajstić information content (AvgIpc) is 2.97. The van der Waals surface area contributed by atoms with Crippen molar-refractivity contribution in [3.05, 3.63) is 70.4 Å². The van der Waals surface area contributed by atoms with E-state index in [-0.39, 0.29) is 0 Å². The van der Waals surface area contributed by atoms with E-state index in [1.807, 2.05) is 18.2 Å². The van der Waals surface area contributed by atoms with Crippen molar-refractivity contribution in [1.82, 2.24) is 9.88 Å². The van der Waals surface area contributed by atoms with Crippen LogP contribution in [0.1, 0.15) is 43.0 Å². The summed E-state index contributed by atoms with van der Waals surface area (Å²) in [6.07, 6.45) is 3.38. The van der Waals surface area contributed by atoms with E-state index in [1.54, 1.807) is 0 Å². The molecule has 0 aliphatic carbocycles. The van der Waals surface area contributed by atoms with Gasteiger partial charge in [0.1, 0.15) is 0 Å². The van der Waals surface area contributed by atoms with Gasteiger partial charge < -0.3 is 14.6 Å². The Balaban J connectivity index is 1.68. The number of unbranched alkanes of at least 4 members (excludes halogenated alkanes) is 1. The van der Waals surface area contributed by atoms with Crippen molar-refractivity contribution in [3.63, 3.8) is 0 Å². The first-order valence-electron chi connectivity index (χ1n) is 10.3. The maximum atomic E-state index is 6.41. The van der Waals surface area contributed by atoms with Gasteiger partial charge in [-0.3, -0.25) is 0 Å². The second kappa shape index (κ2) is 10.7. The minimum atomic E-state index is 0.789. The van der Waals surface area contributed by atoms with Gasteiger partial charge in [0.05, 0.1) is 0 Å². The molecule has 1 N–H and O–H groups in total. The molecule has 1 aromatic heterocycles. The van der Waals surface area contributed by atoms with E-state index >= 15 is 0 Å². The molecule has 1 heterocycles. The van der Waals surface area contributed by atoms with Crippen LogP contribution in [-0.2, 0) is 17.8 Å². The third-order valence-corrected chi connectivity index (χ3v) is 5.60. The van der Waals surface area contributed by atoms with Crippen molar-refractivity contribution in [2.45, 2.75) is 46.2 Å². The Hall–Kier alpha value is -1.81. The van der Waals surface area contributed by atoms with Crippen molar-refractivity contribution >= 4 is 22.5 Å². The molecule has 0 bridgehead atoms. The molecule has 150 valence electrons. The van der Waals surface area contributed by atoms with Crippen LogP contribution >= 0.6 is 11.6 Å². The monoisotopic (exact) mass is 398 g/mol. The van der Waals surface area contributed by atoms with Crippen molar-refractivity contribution in [2.24, 2.45) is 0 Å². The van der Waals surface area contributed by atoms with Gasteiger partial charge in [0.2, 0.25) is 0 Å². The lowest BCUT2D eigenvalue weighted by atomic mass is 10.1. The second-order valence-electron chi connectivity index (χ2n) is 7.25. The summed E-state index contributed by atoms with van der Waals surface area (Å²) in [5.41, 5.74) is 5.08. The Morgan fingerprint density at radius 1 is 1.00 bits per heavy atom. The number of benzene rings is 2. The van der Waals surface area contributed by atoms with Crippen LogP contribution in [0.15, 0.2) is 48.5 Å².